The van der Waals surface area contributed by atoms with E-state index in [0.717, 1.165) is 49.2 Å². The Hall–Kier alpha value is -3.55. The fourth-order valence-corrected chi connectivity index (χ4v) is 5.02. The van der Waals surface area contributed by atoms with Crippen LogP contribution in [0.15, 0.2) is 54.9 Å². The maximum Gasteiger partial charge on any atom is 0.243 e. The Balaban J connectivity index is 1.41. The molecule has 3 aromatic rings. The van der Waals surface area contributed by atoms with Gasteiger partial charge in [-0.1, -0.05) is 37.5 Å². The van der Waals surface area contributed by atoms with Gasteiger partial charge in [-0.25, -0.2) is 0 Å². The lowest BCUT2D eigenvalue weighted by molar-refractivity contribution is -0.124. The summed E-state index contributed by atoms with van der Waals surface area (Å²) in [7, 11) is 1.80. The third-order valence-corrected chi connectivity index (χ3v) is 6.79. The second-order valence-corrected chi connectivity index (χ2v) is 9.03. The van der Waals surface area contributed by atoms with Gasteiger partial charge >= 0.3 is 0 Å². The molecule has 0 bridgehead atoms. The molecule has 8 heteroatoms. The highest BCUT2D eigenvalue weighted by Crippen LogP contribution is 2.33. The van der Waals surface area contributed by atoms with E-state index in [4.69, 9.17) is 4.74 Å². The van der Waals surface area contributed by atoms with E-state index in [9.17, 15) is 4.79 Å². The first-order valence-corrected chi connectivity index (χ1v) is 12.2. The van der Waals surface area contributed by atoms with Crippen LogP contribution in [0.2, 0.25) is 0 Å². The van der Waals surface area contributed by atoms with E-state index in [1.54, 1.807) is 7.05 Å². The van der Waals surface area contributed by atoms with E-state index < -0.39 is 0 Å². The van der Waals surface area contributed by atoms with Crippen LogP contribution in [-0.2, 0) is 4.79 Å². The SMILES string of the molecule is CNc1nc(N[C@@H](C(=O)N[C@@H]2CCOc3ccccc32)C2CCCCC2)cc(-n2cccc2)n1. The van der Waals surface area contributed by atoms with Gasteiger partial charge in [-0.2, -0.15) is 9.97 Å². The van der Waals surface area contributed by atoms with Crippen molar-refractivity contribution in [3.05, 3.63) is 60.4 Å². The maximum atomic E-state index is 13.7. The van der Waals surface area contributed by atoms with E-state index in [1.807, 2.05) is 59.4 Å². The lowest BCUT2D eigenvalue weighted by Gasteiger charge is -2.33. The Bertz CT molecular complexity index is 1110. The smallest absolute Gasteiger partial charge is 0.243 e. The molecule has 1 aliphatic heterocycles. The number of ether oxygens (including phenoxy) is 1. The topological polar surface area (TPSA) is 93.1 Å². The summed E-state index contributed by atoms with van der Waals surface area (Å²) in [6, 6.07) is 13.3. The molecule has 2 aromatic heterocycles. The quantitative estimate of drug-likeness (QED) is 0.487. The number of hydrogen-bond donors (Lipinski definition) is 3. The van der Waals surface area contributed by atoms with Crippen molar-refractivity contribution < 1.29 is 9.53 Å². The number of anilines is 2. The summed E-state index contributed by atoms with van der Waals surface area (Å²) in [5.74, 6) is 3.02. The summed E-state index contributed by atoms with van der Waals surface area (Å²) in [5, 5.41) is 9.85. The second-order valence-electron chi connectivity index (χ2n) is 9.03. The fraction of sp³-hybridized carbons (Fsp3) is 0.423. The first-order valence-electron chi connectivity index (χ1n) is 12.2. The predicted molar refractivity (Wildman–Crippen MR) is 132 cm³/mol. The van der Waals surface area contributed by atoms with Gasteiger partial charge in [-0.3, -0.25) is 4.79 Å². The summed E-state index contributed by atoms with van der Waals surface area (Å²) in [4.78, 5) is 22.9. The number of benzene rings is 1. The average molecular weight is 461 g/mol. The van der Waals surface area contributed by atoms with Crippen molar-refractivity contribution in [2.45, 2.75) is 50.6 Å². The monoisotopic (exact) mass is 460 g/mol. The molecule has 1 amide bonds. The van der Waals surface area contributed by atoms with Crippen LogP contribution in [-0.4, -0.2) is 40.1 Å². The van der Waals surface area contributed by atoms with Crippen LogP contribution in [0.25, 0.3) is 5.82 Å². The summed E-state index contributed by atoms with van der Waals surface area (Å²) in [5.41, 5.74) is 1.04. The highest BCUT2D eigenvalue weighted by molar-refractivity contribution is 5.85. The molecule has 1 saturated carbocycles. The zero-order chi connectivity index (χ0) is 23.3. The number of nitrogens with one attached hydrogen (secondary N) is 3. The van der Waals surface area contributed by atoms with Crippen molar-refractivity contribution in [1.29, 1.82) is 0 Å². The highest BCUT2D eigenvalue weighted by Gasteiger charge is 2.33. The molecule has 3 N–H and O–H groups in total. The zero-order valence-corrected chi connectivity index (χ0v) is 19.5. The lowest BCUT2D eigenvalue weighted by Crippen LogP contribution is -2.47. The number of nitrogens with zero attached hydrogens (tertiary/aromatic N) is 3. The molecule has 1 aliphatic carbocycles. The molecule has 34 heavy (non-hydrogen) atoms. The number of carbonyl (C=O) groups is 1. The minimum absolute atomic E-state index is 0.0146. The van der Waals surface area contributed by atoms with Gasteiger partial charge in [0.1, 0.15) is 23.4 Å². The number of hydrogen-bond acceptors (Lipinski definition) is 6. The van der Waals surface area contributed by atoms with Crippen molar-refractivity contribution in [2.75, 3.05) is 24.3 Å². The van der Waals surface area contributed by atoms with Gasteiger partial charge in [0, 0.05) is 37.5 Å². The Kier molecular flexibility index (Phi) is 6.65. The van der Waals surface area contributed by atoms with Crippen LogP contribution in [0.3, 0.4) is 0 Å². The van der Waals surface area contributed by atoms with Crippen molar-refractivity contribution in [3.8, 4) is 11.6 Å². The molecule has 178 valence electrons. The third-order valence-electron chi connectivity index (χ3n) is 6.79. The van der Waals surface area contributed by atoms with Gasteiger partial charge in [0.05, 0.1) is 12.6 Å². The molecule has 8 nitrogen and oxygen atoms in total. The van der Waals surface area contributed by atoms with Gasteiger partial charge in [-0.15, -0.1) is 0 Å². The summed E-state index contributed by atoms with van der Waals surface area (Å²) in [6.45, 7) is 0.598. The van der Waals surface area contributed by atoms with Crippen molar-refractivity contribution in [3.63, 3.8) is 0 Å². The molecule has 3 heterocycles. The van der Waals surface area contributed by atoms with Crippen LogP contribution in [0, 0.1) is 5.92 Å². The molecule has 0 radical (unpaired) electrons. The van der Waals surface area contributed by atoms with Crippen LogP contribution in [0.4, 0.5) is 11.8 Å². The van der Waals surface area contributed by atoms with Gasteiger partial charge in [0.2, 0.25) is 11.9 Å². The Morgan fingerprint density at radius 1 is 1.06 bits per heavy atom. The number of para-hydroxylation sites is 1. The first kappa shape index (κ1) is 22.3. The number of fused-ring (bicyclic) bond motifs is 1. The van der Waals surface area contributed by atoms with Crippen LogP contribution in [0.1, 0.15) is 50.1 Å². The molecule has 1 fully saturated rings. The normalized spacial score (nSPS) is 18.9. The molecular weight excluding hydrogens is 428 g/mol. The largest absolute Gasteiger partial charge is 0.493 e. The number of amides is 1. The Labute approximate surface area is 200 Å². The first-order chi connectivity index (χ1) is 16.7. The molecule has 5 rings (SSSR count). The van der Waals surface area contributed by atoms with Crippen molar-refractivity contribution in [1.82, 2.24) is 19.9 Å². The molecule has 0 saturated heterocycles. The van der Waals surface area contributed by atoms with Crippen molar-refractivity contribution >= 4 is 17.7 Å². The summed E-state index contributed by atoms with van der Waals surface area (Å²) < 4.78 is 7.72. The highest BCUT2D eigenvalue weighted by atomic mass is 16.5. The zero-order valence-electron chi connectivity index (χ0n) is 19.5. The van der Waals surface area contributed by atoms with E-state index in [1.165, 1.54) is 6.42 Å². The molecular formula is C26H32N6O2. The second kappa shape index (κ2) is 10.2. The Morgan fingerprint density at radius 3 is 2.65 bits per heavy atom. The van der Waals surface area contributed by atoms with Crippen molar-refractivity contribution in [2.24, 2.45) is 5.92 Å². The number of aromatic nitrogens is 3. The van der Waals surface area contributed by atoms with Gasteiger partial charge in [0.25, 0.3) is 0 Å². The van der Waals surface area contributed by atoms with Crippen LogP contribution >= 0.6 is 0 Å². The Morgan fingerprint density at radius 2 is 1.85 bits per heavy atom. The molecule has 2 aliphatic rings. The number of rotatable bonds is 7. The van der Waals surface area contributed by atoms with Crippen LogP contribution in [0.5, 0.6) is 5.75 Å². The third kappa shape index (κ3) is 4.85. The molecule has 2 atom stereocenters. The molecule has 1 aromatic carbocycles. The maximum absolute atomic E-state index is 13.7. The number of carbonyl (C=O) groups excluding carboxylic acids is 1. The fourth-order valence-electron chi connectivity index (χ4n) is 5.02. The average Bonchev–Trinajstić information content (AvgIpc) is 3.43. The van der Waals surface area contributed by atoms with E-state index in [0.29, 0.717) is 18.4 Å². The summed E-state index contributed by atoms with van der Waals surface area (Å²) >= 11 is 0. The molecule has 0 unspecified atom stereocenters. The minimum atomic E-state index is -0.368. The van der Waals surface area contributed by atoms with E-state index >= 15 is 0 Å². The standard InChI is InChI=1S/C26H32N6O2/c1-27-26-30-22(17-23(31-26)32-14-7-8-15-32)29-24(18-9-3-2-4-10-18)25(33)28-20-13-16-34-21-12-6-5-11-19(20)21/h5-8,11-12,14-15,17-18,20,24H,2-4,9-10,13,16H2,1H3,(H,28,33)(H2,27,29,30,31)/t20-,24-/m1/s1. The minimum Gasteiger partial charge on any atom is -0.493 e. The summed E-state index contributed by atoms with van der Waals surface area (Å²) in [6.07, 6.45) is 10.2. The van der Waals surface area contributed by atoms with Crippen LogP contribution < -0.4 is 20.7 Å². The van der Waals surface area contributed by atoms with Gasteiger partial charge in [0.15, 0.2) is 0 Å². The van der Waals surface area contributed by atoms with Gasteiger partial charge < -0.3 is 25.3 Å². The van der Waals surface area contributed by atoms with E-state index in [-0.39, 0.29) is 23.9 Å². The lowest BCUT2D eigenvalue weighted by atomic mass is 9.83. The van der Waals surface area contributed by atoms with E-state index in [2.05, 4.69) is 25.9 Å². The predicted octanol–water partition coefficient (Wildman–Crippen LogP) is 4.31. The molecule has 0 spiro atoms. The van der Waals surface area contributed by atoms with Gasteiger partial charge in [-0.05, 0) is 37.0 Å².